The van der Waals surface area contributed by atoms with Crippen LogP contribution in [0.5, 0.6) is 0 Å². The molecule has 0 N–H and O–H groups in total. The summed E-state index contributed by atoms with van der Waals surface area (Å²) in [5, 5.41) is 0. The van der Waals surface area contributed by atoms with Gasteiger partial charge in [-0.3, -0.25) is 0 Å². The first-order valence-corrected chi connectivity index (χ1v) is 3.24. The molecule has 0 atom stereocenters. The first kappa shape index (κ1) is 9.15. The molecule has 0 spiro atoms. The SMILES string of the molecule is C=C(C)/C(C)=C(F)\C=C/C. The lowest BCUT2D eigenvalue weighted by Gasteiger charge is -1.97. The zero-order chi connectivity index (χ0) is 8.15. The van der Waals surface area contributed by atoms with Crippen molar-refractivity contribution in [3.63, 3.8) is 0 Å². The second-order valence-corrected chi connectivity index (χ2v) is 2.25. The van der Waals surface area contributed by atoms with Crippen molar-refractivity contribution < 1.29 is 4.39 Å². The Bertz CT molecular complexity index is 185. The van der Waals surface area contributed by atoms with E-state index in [1.165, 1.54) is 6.08 Å². The Morgan fingerprint density at radius 2 is 1.90 bits per heavy atom. The van der Waals surface area contributed by atoms with Crippen molar-refractivity contribution in [1.82, 2.24) is 0 Å². The number of hydrogen-bond donors (Lipinski definition) is 0. The van der Waals surface area contributed by atoms with E-state index in [2.05, 4.69) is 6.58 Å². The van der Waals surface area contributed by atoms with E-state index in [1.54, 1.807) is 26.8 Å². The monoisotopic (exact) mass is 140 g/mol. The Morgan fingerprint density at radius 3 is 2.20 bits per heavy atom. The van der Waals surface area contributed by atoms with Crippen LogP contribution in [0.3, 0.4) is 0 Å². The van der Waals surface area contributed by atoms with Crippen molar-refractivity contribution in [1.29, 1.82) is 0 Å². The Kier molecular flexibility index (Phi) is 3.70. The average molecular weight is 140 g/mol. The zero-order valence-electron chi connectivity index (χ0n) is 6.74. The highest BCUT2D eigenvalue weighted by molar-refractivity contribution is 5.31. The normalized spacial score (nSPS) is 13.6. The molecule has 0 radical (unpaired) electrons. The first-order chi connectivity index (χ1) is 4.59. The second-order valence-electron chi connectivity index (χ2n) is 2.25. The quantitative estimate of drug-likeness (QED) is 0.516. The summed E-state index contributed by atoms with van der Waals surface area (Å²) in [6.07, 6.45) is 3.10. The third kappa shape index (κ3) is 2.62. The van der Waals surface area contributed by atoms with Crippen molar-refractivity contribution in [2.75, 3.05) is 0 Å². The highest BCUT2D eigenvalue weighted by Gasteiger charge is 1.95. The summed E-state index contributed by atoms with van der Waals surface area (Å²) in [5.74, 6) is -0.199. The third-order valence-electron chi connectivity index (χ3n) is 1.31. The van der Waals surface area contributed by atoms with Gasteiger partial charge < -0.3 is 0 Å². The summed E-state index contributed by atoms with van der Waals surface area (Å²) < 4.78 is 12.8. The molecule has 0 heterocycles. The van der Waals surface area contributed by atoms with Crippen LogP contribution in [0, 0.1) is 0 Å². The third-order valence-corrected chi connectivity index (χ3v) is 1.31. The molecule has 0 fully saturated rings. The second kappa shape index (κ2) is 4.04. The highest BCUT2D eigenvalue weighted by atomic mass is 19.1. The minimum Gasteiger partial charge on any atom is -0.207 e. The Labute approximate surface area is 61.8 Å². The fourth-order valence-electron chi connectivity index (χ4n) is 0.475. The first-order valence-electron chi connectivity index (χ1n) is 3.24. The largest absolute Gasteiger partial charge is 0.207 e. The van der Waals surface area contributed by atoms with Gasteiger partial charge in [0.25, 0.3) is 0 Å². The molecule has 0 rings (SSSR count). The predicted molar refractivity (Wildman–Crippen MR) is 43.4 cm³/mol. The fraction of sp³-hybridized carbons (Fsp3) is 0.333. The molecular weight excluding hydrogens is 127 g/mol. The topological polar surface area (TPSA) is 0 Å². The molecule has 1 heteroatoms. The molecule has 0 aromatic carbocycles. The number of hydrogen-bond acceptors (Lipinski definition) is 0. The van der Waals surface area contributed by atoms with Crippen molar-refractivity contribution in [2.45, 2.75) is 20.8 Å². The summed E-state index contributed by atoms with van der Waals surface area (Å²) in [6, 6.07) is 0. The molecule has 0 aromatic rings. The van der Waals surface area contributed by atoms with Crippen molar-refractivity contribution in [2.24, 2.45) is 0 Å². The lowest BCUT2D eigenvalue weighted by atomic mass is 10.1. The summed E-state index contributed by atoms with van der Waals surface area (Å²) in [6.45, 7) is 8.92. The molecule has 0 aliphatic heterocycles. The molecule has 0 nitrogen and oxygen atoms in total. The van der Waals surface area contributed by atoms with Crippen LogP contribution < -0.4 is 0 Å². The minimum absolute atomic E-state index is 0.199. The van der Waals surface area contributed by atoms with Gasteiger partial charge in [-0.2, -0.15) is 0 Å². The van der Waals surface area contributed by atoms with Gasteiger partial charge in [-0.25, -0.2) is 4.39 Å². The van der Waals surface area contributed by atoms with Crippen molar-refractivity contribution >= 4 is 0 Å². The van der Waals surface area contributed by atoms with Gasteiger partial charge in [0.15, 0.2) is 0 Å². The number of allylic oxidation sites excluding steroid dienone is 5. The van der Waals surface area contributed by atoms with E-state index < -0.39 is 0 Å². The Balaban J connectivity index is 4.50. The van der Waals surface area contributed by atoms with Crippen LogP contribution in [-0.4, -0.2) is 0 Å². The van der Waals surface area contributed by atoms with E-state index >= 15 is 0 Å². The molecule has 0 aliphatic carbocycles. The fourth-order valence-corrected chi connectivity index (χ4v) is 0.475. The van der Waals surface area contributed by atoms with Gasteiger partial charge in [0.05, 0.1) is 0 Å². The van der Waals surface area contributed by atoms with Crippen LogP contribution in [0.2, 0.25) is 0 Å². The highest BCUT2D eigenvalue weighted by Crippen LogP contribution is 2.13. The summed E-state index contributed by atoms with van der Waals surface area (Å²) >= 11 is 0. The number of halogens is 1. The Hall–Kier alpha value is -0.850. The van der Waals surface area contributed by atoms with Crippen LogP contribution in [0.1, 0.15) is 20.8 Å². The Morgan fingerprint density at radius 1 is 1.40 bits per heavy atom. The molecule has 0 unspecified atom stereocenters. The molecule has 0 aromatic heterocycles. The molecule has 0 amide bonds. The maximum atomic E-state index is 12.8. The molecular formula is C9H13F. The lowest BCUT2D eigenvalue weighted by Crippen LogP contribution is -1.79. The summed E-state index contributed by atoms with van der Waals surface area (Å²) in [7, 11) is 0. The lowest BCUT2D eigenvalue weighted by molar-refractivity contribution is 0.656. The molecule has 0 bridgehead atoms. The zero-order valence-corrected chi connectivity index (χ0v) is 6.74. The van der Waals surface area contributed by atoms with E-state index in [1.807, 2.05) is 0 Å². The molecule has 56 valence electrons. The van der Waals surface area contributed by atoms with Gasteiger partial charge in [-0.1, -0.05) is 18.2 Å². The molecule has 0 aliphatic rings. The van der Waals surface area contributed by atoms with Crippen LogP contribution in [0.15, 0.2) is 35.7 Å². The van der Waals surface area contributed by atoms with Crippen LogP contribution >= 0.6 is 0 Å². The van der Waals surface area contributed by atoms with Gasteiger partial charge in [0.2, 0.25) is 0 Å². The number of rotatable bonds is 2. The van der Waals surface area contributed by atoms with Crippen LogP contribution in [-0.2, 0) is 0 Å². The van der Waals surface area contributed by atoms with Gasteiger partial charge >= 0.3 is 0 Å². The summed E-state index contributed by atoms with van der Waals surface area (Å²) in [4.78, 5) is 0. The predicted octanol–water partition coefficient (Wildman–Crippen LogP) is 3.38. The molecule has 0 saturated heterocycles. The van der Waals surface area contributed by atoms with Gasteiger partial charge in [-0.05, 0) is 32.4 Å². The van der Waals surface area contributed by atoms with E-state index in [0.29, 0.717) is 5.57 Å². The van der Waals surface area contributed by atoms with Gasteiger partial charge in [0.1, 0.15) is 5.83 Å². The van der Waals surface area contributed by atoms with E-state index in [4.69, 9.17) is 0 Å². The van der Waals surface area contributed by atoms with E-state index in [-0.39, 0.29) is 5.83 Å². The van der Waals surface area contributed by atoms with E-state index in [9.17, 15) is 4.39 Å². The van der Waals surface area contributed by atoms with Gasteiger partial charge in [0, 0.05) is 0 Å². The standard InChI is InChI=1S/C9H13F/c1-5-6-9(10)8(4)7(2)3/h5-6H,2H2,1,3-4H3/b6-5-,9-8+. The van der Waals surface area contributed by atoms with Crippen molar-refractivity contribution in [3.05, 3.63) is 35.7 Å². The maximum absolute atomic E-state index is 12.8. The van der Waals surface area contributed by atoms with Crippen molar-refractivity contribution in [3.8, 4) is 0 Å². The molecule has 10 heavy (non-hydrogen) atoms. The van der Waals surface area contributed by atoms with E-state index in [0.717, 1.165) is 5.57 Å². The smallest absolute Gasteiger partial charge is 0.126 e. The maximum Gasteiger partial charge on any atom is 0.126 e. The minimum atomic E-state index is -0.199. The van der Waals surface area contributed by atoms with Gasteiger partial charge in [-0.15, -0.1) is 0 Å². The molecule has 0 saturated carbocycles. The van der Waals surface area contributed by atoms with Crippen LogP contribution in [0.4, 0.5) is 4.39 Å². The van der Waals surface area contributed by atoms with Crippen LogP contribution in [0.25, 0.3) is 0 Å². The summed E-state index contributed by atoms with van der Waals surface area (Å²) in [5.41, 5.74) is 1.40. The average Bonchev–Trinajstić information content (AvgIpc) is 1.87.